The van der Waals surface area contributed by atoms with Crippen molar-refractivity contribution in [2.24, 2.45) is 0 Å². The Labute approximate surface area is 79.1 Å². The van der Waals surface area contributed by atoms with Crippen molar-refractivity contribution in [2.75, 3.05) is 32.8 Å². The van der Waals surface area contributed by atoms with Crippen molar-refractivity contribution in [1.29, 1.82) is 0 Å². The predicted molar refractivity (Wildman–Crippen MR) is 49.6 cm³/mol. The fourth-order valence-electron chi connectivity index (χ4n) is 1.58. The highest BCUT2D eigenvalue weighted by Crippen LogP contribution is 2.08. The molecule has 1 fully saturated rings. The molecule has 0 amide bonds. The van der Waals surface area contributed by atoms with Crippen molar-refractivity contribution in [2.45, 2.75) is 25.6 Å². The Morgan fingerprint density at radius 1 is 1.62 bits per heavy atom. The molecule has 0 spiro atoms. The van der Waals surface area contributed by atoms with Gasteiger partial charge in [0.1, 0.15) is 0 Å². The number of hydrogen-bond donors (Lipinski definition) is 2. The van der Waals surface area contributed by atoms with Crippen LogP contribution in [-0.2, 0) is 4.74 Å². The number of ether oxygens (including phenoxy) is 1. The number of likely N-dealkylation sites (tertiary alicyclic amines) is 1. The average Bonchev–Trinajstić information content (AvgIpc) is 2.48. The van der Waals surface area contributed by atoms with Crippen LogP contribution in [-0.4, -0.2) is 60.2 Å². The summed E-state index contributed by atoms with van der Waals surface area (Å²) in [4.78, 5) is 2.06. The molecule has 1 aliphatic rings. The second kappa shape index (κ2) is 5.54. The van der Waals surface area contributed by atoms with E-state index < -0.39 is 6.10 Å². The quantitative estimate of drug-likeness (QED) is 0.609. The van der Waals surface area contributed by atoms with Gasteiger partial charge in [-0.2, -0.15) is 0 Å². The first-order valence-corrected chi connectivity index (χ1v) is 4.88. The van der Waals surface area contributed by atoms with E-state index >= 15 is 0 Å². The van der Waals surface area contributed by atoms with Gasteiger partial charge < -0.3 is 14.9 Å². The highest BCUT2D eigenvalue weighted by atomic mass is 16.5. The molecule has 2 N–H and O–H groups in total. The minimum Gasteiger partial charge on any atom is -0.392 e. The van der Waals surface area contributed by atoms with E-state index in [2.05, 4.69) is 4.90 Å². The molecule has 2 unspecified atom stereocenters. The average molecular weight is 189 g/mol. The maximum absolute atomic E-state index is 9.48. The molecule has 0 aromatic heterocycles. The normalized spacial score (nSPS) is 26.5. The van der Waals surface area contributed by atoms with E-state index in [1.54, 1.807) is 0 Å². The molecule has 0 aliphatic carbocycles. The van der Waals surface area contributed by atoms with Gasteiger partial charge in [-0.05, 0) is 13.3 Å². The molecule has 0 saturated carbocycles. The first-order valence-electron chi connectivity index (χ1n) is 4.88. The molecule has 0 radical (unpaired) electrons. The minimum absolute atomic E-state index is 0.209. The second-order valence-corrected chi connectivity index (χ2v) is 3.52. The Morgan fingerprint density at radius 2 is 2.38 bits per heavy atom. The molecular formula is C9H19NO3. The van der Waals surface area contributed by atoms with Crippen molar-refractivity contribution in [1.82, 2.24) is 4.90 Å². The zero-order chi connectivity index (χ0) is 9.68. The van der Waals surface area contributed by atoms with E-state index in [4.69, 9.17) is 4.74 Å². The van der Waals surface area contributed by atoms with E-state index in [-0.39, 0.29) is 6.10 Å². The molecular weight excluding hydrogens is 170 g/mol. The molecule has 78 valence electrons. The van der Waals surface area contributed by atoms with Crippen LogP contribution in [0.25, 0.3) is 0 Å². The van der Waals surface area contributed by atoms with Crippen molar-refractivity contribution in [3.63, 3.8) is 0 Å². The Morgan fingerprint density at radius 3 is 2.92 bits per heavy atom. The van der Waals surface area contributed by atoms with Crippen LogP contribution in [0.4, 0.5) is 0 Å². The van der Waals surface area contributed by atoms with Crippen LogP contribution < -0.4 is 0 Å². The van der Waals surface area contributed by atoms with Gasteiger partial charge in [0.05, 0.1) is 18.8 Å². The fourth-order valence-corrected chi connectivity index (χ4v) is 1.58. The number of aliphatic hydroxyl groups excluding tert-OH is 2. The van der Waals surface area contributed by atoms with Crippen LogP contribution in [0.15, 0.2) is 0 Å². The highest BCUT2D eigenvalue weighted by molar-refractivity contribution is 4.76. The lowest BCUT2D eigenvalue weighted by molar-refractivity contribution is 0.0232. The first-order chi connectivity index (χ1) is 6.22. The smallest absolute Gasteiger partial charge is 0.0900 e. The lowest BCUT2D eigenvalue weighted by atomic mass is 10.3. The van der Waals surface area contributed by atoms with Crippen LogP contribution >= 0.6 is 0 Å². The standard InChI is InChI=1S/C9H19NO3/c1-2-13-7-9(12)6-10-4-3-8(11)5-10/h8-9,11-12H,2-7H2,1H3. The second-order valence-electron chi connectivity index (χ2n) is 3.52. The largest absolute Gasteiger partial charge is 0.392 e. The van der Waals surface area contributed by atoms with Crippen molar-refractivity contribution < 1.29 is 14.9 Å². The van der Waals surface area contributed by atoms with E-state index in [0.29, 0.717) is 26.3 Å². The van der Waals surface area contributed by atoms with Gasteiger partial charge >= 0.3 is 0 Å². The van der Waals surface area contributed by atoms with Gasteiger partial charge in [0.15, 0.2) is 0 Å². The summed E-state index contributed by atoms with van der Waals surface area (Å²) in [6.45, 7) is 5.11. The number of hydrogen-bond acceptors (Lipinski definition) is 4. The fraction of sp³-hybridized carbons (Fsp3) is 1.00. The van der Waals surface area contributed by atoms with Gasteiger partial charge in [0.2, 0.25) is 0 Å². The van der Waals surface area contributed by atoms with Gasteiger partial charge in [-0.1, -0.05) is 0 Å². The predicted octanol–water partition coefficient (Wildman–Crippen LogP) is -0.550. The molecule has 4 heteroatoms. The third-order valence-electron chi connectivity index (χ3n) is 2.23. The highest BCUT2D eigenvalue weighted by Gasteiger charge is 2.21. The van der Waals surface area contributed by atoms with Crippen LogP contribution in [0.5, 0.6) is 0 Å². The monoisotopic (exact) mass is 189 g/mol. The number of nitrogens with zero attached hydrogens (tertiary/aromatic N) is 1. The van der Waals surface area contributed by atoms with Gasteiger partial charge in [-0.15, -0.1) is 0 Å². The molecule has 1 saturated heterocycles. The van der Waals surface area contributed by atoms with Crippen LogP contribution in [0.2, 0.25) is 0 Å². The summed E-state index contributed by atoms with van der Waals surface area (Å²) in [5, 5.41) is 18.7. The Hall–Kier alpha value is -0.160. The van der Waals surface area contributed by atoms with Crippen molar-refractivity contribution >= 4 is 0 Å². The van der Waals surface area contributed by atoms with Gasteiger partial charge in [-0.25, -0.2) is 0 Å². The van der Waals surface area contributed by atoms with Crippen LogP contribution in [0.1, 0.15) is 13.3 Å². The lowest BCUT2D eigenvalue weighted by Gasteiger charge is -2.18. The van der Waals surface area contributed by atoms with Crippen molar-refractivity contribution in [3.05, 3.63) is 0 Å². The Balaban J connectivity index is 2.09. The molecule has 13 heavy (non-hydrogen) atoms. The molecule has 0 aromatic rings. The van der Waals surface area contributed by atoms with E-state index in [1.807, 2.05) is 6.92 Å². The van der Waals surface area contributed by atoms with Crippen molar-refractivity contribution in [3.8, 4) is 0 Å². The van der Waals surface area contributed by atoms with Gasteiger partial charge in [0.25, 0.3) is 0 Å². The molecule has 2 atom stereocenters. The summed E-state index contributed by atoms with van der Waals surface area (Å²) in [5.74, 6) is 0. The zero-order valence-corrected chi connectivity index (χ0v) is 8.15. The Kier molecular flexibility index (Phi) is 4.66. The number of β-amino-alcohol motifs (C(OH)–C–C–N with tert-alkyl or cyclic N) is 2. The summed E-state index contributed by atoms with van der Waals surface area (Å²) in [7, 11) is 0. The molecule has 0 aromatic carbocycles. The summed E-state index contributed by atoms with van der Waals surface area (Å²) >= 11 is 0. The molecule has 1 heterocycles. The van der Waals surface area contributed by atoms with E-state index in [9.17, 15) is 10.2 Å². The lowest BCUT2D eigenvalue weighted by Crippen LogP contribution is -2.33. The third kappa shape index (κ3) is 4.04. The number of rotatable bonds is 5. The summed E-state index contributed by atoms with van der Waals surface area (Å²) in [5.41, 5.74) is 0. The summed E-state index contributed by atoms with van der Waals surface area (Å²) in [6, 6.07) is 0. The molecule has 0 bridgehead atoms. The summed E-state index contributed by atoms with van der Waals surface area (Å²) in [6.07, 6.45) is 0.186. The van der Waals surface area contributed by atoms with Crippen LogP contribution in [0.3, 0.4) is 0 Å². The number of aliphatic hydroxyl groups is 2. The minimum atomic E-state index is -0.426. The molecule has 1 rings (SSSR count). The van der Waals surface area contributed by atoms with Crippen LogP contribution in [0, 0.1) is 0 Å². The van der Waals surface area contributed by atoms with E-state index in [0.717, 1.165) is 13.0 Å². The SMILES string of the molecule is CCOCC(O)CN1CCC(O)C1. The first kappa shape index (κ1) is 10.9. The Bertz CT molecular complexity index is 143. The third-order valence-corrected chi connectivity index (χ3v) is 2.23. The topological polar surface area (TPSA) is 52.9 Å². The zero-order valence-electron chi connectivity index (χ0n) is 8.15. The maximum atomic E-state index is 9.48. The summed E-state index contributed by atoms with van der Waals surface area (Å²) < 4.78 is 5.09. The van der Waals surface area contributed by atoms with Gasteiger partial charge in [-0.3, -0.25) is 4.90 Å². The molecule has 4 nitrogen and oxygen atoms in total. The van der Waals surface area contributed by atoms with Gasteiger partial charge in [0, 0.05) is 26.2 Å². The van der Waals surface area contributed by atoms with E-state index in [1.165, 1.54) is 0 Å². The molecule has 1 aliphatic heterocycles. The maximum Gasteiger partial charge on any atom is 0.0900 e.